The van der Waals surface area contributed by atoms with Crippen LogP contribution in [0.3, 0.4) is 0 Å². The molecule has 0 spiro atoms. The fourth-order valence-electron chi connectivity index (χ4n) is 4.53. The number of amides is 2. The van der Waals surface area contributed by atoms with Crippen molar-refractivity contribution >= 4 is 28.7 Å². The molecule has 2 amide bonds. The molecule has 0 saturated carbocycles. The molecule has 6 nitrogen and oxygen atoms in total. The van der Waals surface area contributed by atoms with Crippen LogP contribution in [0.2, 0.25) is 0 Å². The van der Waals surface area contributed by atoms with Crippen LogP contribution in [-0.4, -0.2) is 59.8 Å². The zero-order valence-electron chi connectivity index (χ0n) is 22.7. The molecule has 1 rings (SSSR count). The molecule has 2 N–H and O–H groups in total. The van der Waals surface area contributed by atoms with Crippen LogP contribution in [0.1, 0.15) is 123 Å². The molecule has 0 aliphatic carbocycles. The molecule has 1 fully saturated rings. The molecule has 7 heteroatoms. The number of rotatable bonds is 23. The monoisotopic (exact) mass is 511 g/mol. The smallest absolute Gasteiger partial charge is 0.243 e. The first-order chi connectivity index (χ1) is 17.1. The summed E-state index contributed by atoms with van der Waals surface area (Å²) in [5.41, 5.74) is 0. The molecule has 0 aromatic heterocycles. The SMILES string of the molecule is CCCCCCCCCCN(CCCCCCCCCC)CCSC(=O)C[C@@H]1NC(=O)CNC1=O. The van der Waals surface area contributed by atoms with E-state index in [1.54, 1.807) is 0 Å². The van der Waals surface area contributed by atoms with Crippen molar-refractivity contribution in [3.05, 3.63) is 0 Å². The second kappa shape index (κ2) is 22.1. The number of carbonyl (C=O) groups excluding carboxylic acids is 3. The lowest BCUT2D eigenvalue weighted by molar-refractivity contribution is -0.134. The molecule has 1 saturated heterocycles. The molecule has 0 aromatic carbocycles. The third kappa shape index (κ3) is 17.9. The molecule has 0 bridgehead atoms. The van der Waals surface area contributed by atoms with Gasteiger partial charge in [-0.3, -0.25) is 14.4 Å². The Kier molecular flexibility index (Phi) is 20.2. The Morgan fingerprint density at radius 3 is 1.77 bits per heavy atom. The maximum atomic E-state index is 12.4. The molecule has 1 heterocycles. The van der Waals surface area contributed by atoms with E-state index in [0.717, 1.165) is 25.4 Å². The van der Waals surface area contributed by atoms with E-state index in [9.17, 15) is 14.4 Å². The van der Waals surface area contributed by atoms with Gasteiger partial charge in [0.2, 0.25) is 11.8 Å². The second-order valence-corrected chi connectivity index (χ2v) is 11.2. The standard InChI is InChI=1S/C28H53N3O3S/c1-3-5-7-9-11-13-15-17-19-31(20-18-16-14-12-10-8-6-4-2)21-22-35-27(33)23-25-28(34)29-24-26(32)30-25/h25H,3-24H2,1-2H3,(H,29,34)(H,30,32)/t25-/m0/s1. The third-order valence-electron chi connectivity index (χ3n) is 6.77. The van der Waals surface area contributed by atoms with Gasteiger partial charge in [0.1, 0.15) is 6.04 Å². The minimum atomic E-state index is -0.720. The van der Waals surface area contributed by atoms with E-state index in [1.807, 2.05) is 0 Å². The predicted molar refractivity (Wildman–Crippen MR) is 149 cm³/mol. The van der Waals surface area contributed by atoms with Gasteiger partial charge in [-0.2, -0.15) is 0 Å². The van der Waals surface area contributed by atoms with Crippen LogP contribution in [0.4, 0.5) is 0 Å². The van der Waals surface area contributed by atoms with Crippen molar-refractivity contribution in [2.75, 3.05) is 31.9 Å². The summed E-state index contributed by atoms with van der Waals surface area (Å²) in [5, 5.41) is 5.13. The largest absolute Gasteiger partial charge is 0.345 e. The molecule has 204 valence electrons. The molecule has 0 radical (unpaired) electrons. The lowest BCUT2D eigenvalue weighted by atomic mass is 10.1. The van der Waals surface area contributed by atoms with Crippen LogP contribution in [-0.2, 0) is 14.4 Å². The van der Waals surface area contributed by atoms with E-state index in [2.05, 4.69) is 29.4 Å². The summed E-state index contributed by atoms with van der Waals surface area (Å²) in [6.07, 6.45) is 21.3. The van der Waals surface area contributed by atoms with Crippen molar-refractivity contribution in [3.8, 4) is 0 Å². The summed E-state index contributed by atoms with van der Waals surface area (Å²) in [5.74, 6) is 0.258. The lowest BCUT2D eigenvalue weighted by Gasteiger charge is -2.23. The number of hydrogen-bond acceptors (Lipinski definition) is 5. The lowest BCUT2D eigenvalue weighted by Crippen LogP contribution is -2.56. The van der Waals surface area contributed by atoms with Crippen molar-refractivity contribution in [3.63, 3.8) is 0 Å². The van der Waals surface area contributed by atoms with Crippen LogP contribution in [0.25, 0.3) is 0 Å². The summed E-state index contributed by atoms with van der Waals surface area (Å²) in [4.78, 5) is 38.2. The van der Waals surface area contributed by atoms with Gasteiger partial charge in [0, 0.05) is 18.7 Å². The minimum absolute atomic E-state index is 0.00308. The number of thioether (sulfide) groups is 1. The zero-order valence-corrected chi connectivity index (χ0v) is 23.5. The van der Waals surface area contributed by atoms with Crippen molar-refractivity contribution in [2.45, 2.75) is 129 Å². The van der Waals surface area contributed by atoms with Gasteiger partial charge in [0.15, 0.2) is 5.12 Å². The van der Waals surface area contributed by atoms with Gasteiger partial charge in [0.25, 0.3) is 0 Å². The van der Waals surface area contributed by atoms with E-state index in [-0.39, 0.29) is 29.9 Å². The maximum Gasteiger partial charge on any atom is 0.243 e. The summed E-state index contributed by atoms with van der Waals surface area (Å²) in [6, 6.07) is -0.720. The Morgan fingerprint density at radius 2 is 1.26 bits per heavy atom. The van der Waals surface area contributed by atoms with Gasteiger partial charge in [-0.25, -0.2) is 0 Å². The number of nitrogens with one attached hydrogen (secondary N) is 2. The average molecular weight is 512 g/mol. The number of nitrogens with zero attached hydrogens (tertiary/aromatic N) is 1. The Balaban J connectivity index is 2.27. The second-order valence-electron chi connectivity index (χ2n) is 10.1. The average Bonchev–Trinajstić information content (AvgIpc) is 2.84. The Labute approximate surface area is 219 Å². The van der Waals surface area contributed by atoms with E-state index in [4.69, 9.17) is 0 Å². The van der Waals surface area contributed by atoms with Gasteiger partial charge < -0.3 is 15.5 Å². The van der Waals surface area contributed by atoms with Crippen LogP contribution >= 0.6 is 11.8 Å². The fraction of sp³-hybridized carbons (Fsp3) is 0.893. The Morgan fingerprint density at radius 1 is 0.771 bits per heavy atom. The van der Waals surface area contributed by atoms with E-state index in [0.29, 0.717) is 0 Å². The van der Waals surface area contributed by atoms with Gasteiger partial charge in [-0.05, 0) is 25.9 Å². The number of carbonyl (C=O) groups is 3. The number of unbranched alkanes of at least 4 members (excludes halogenated alkanes) is 14. The van der Waals surface area contributed by atoms with E-state index < -0.39 is 6.04 Å². The van der Waals surface area contributed by atoms with Gasteiger partial charge in [-0.15, -0.1) is 0 Å². The van der Waals surface area contributed by atoms with Crippen molar-refractivity contribution in [1.82, 2.24) is 15.5 Å². The number of piperazine rings is 1. The van der Waals surface area contributed by atoms with Gasteiger partial charge >= 0.3 is 0 Å². The highest BCUT2D eigenvalue weighted by Crippen LogP contribution is 2.14. The maximum absolute atomic E-state index is 12.4. The summed E-state index contributed by atoms with van der Waals surface area (Å²) < 4.78 is 0. The molecular weight excluding hydrogens is 458 g/mol. The van der Waals surface area contributed by atoms with Crippen LogP contribution in [0, 0.1) is 0 Å². The van der Waals surface area contributed by atoms with Crippen LogP contribution in [0.15, 0.2) is 0 Å². The first-order valence-electron chi connectivity index (χ1n) is 14.5. The molecule has 0 aromatic rings. The highest BCUT2D eigenvalue weighted by molar-refractivity contribution is 8.13. The normalized spacial score (nSPS) is 15.9. The zero-order chi connectivity index (χ0) is 25.6. The highest BCUT2D eigenvalue weighted by atomic mass is 32.2. The van der Waals surface area contributed by atoms with Crippen LogP contribution < -0.4 is 10.6 Å². The van der Waals surface area contributed by atoms with Gasteiger partial charge in [0.05, 0.1) is 6.54 Å². The summed E-state index contributed by atoms with van der Waals surface area (Å²) in [7, 11) is 0. The predicted octanol–water partition coefficient (Wildman–Crippen LogP) is 5.83. The number of hydrogen-bond donors (Lipinski definition) is 2. The Hall–Kier alpha value is -1.08. The van der Waals surface area contributed by atoms with Crippen molar-refractivity contribution < 1.29 is 14.4 Å². The summed E-state index contributed by atoms with van der Waals surface area (Å²) in [6.45, 7) is 7.66. The molecule has 0 unspecified atom stereocenters. The highest BCUT2D eigenvalue weighted by Gasteiger charge is 2.28. The van der Waals surface area contributed by atoms with Gasteiger partial charge in [-0.1, -0.05) is 116 Å². The quantitative estimate of drug-likeness (QED) is 0.169. The van der Waals surface area contributed by atoms with Crippen molar-refractivity contribution in [2.24, 2.45) is 0 Å². The topological polar surface area (TPSA) is 78.5 Å². The third-order valence-corrected chi connectivity index (χ3v) is 7.65. The molecular formula is C28H53N3O3S. The van der Waals surface area contributed by atoms with E-state index in [1.165, 1.54) is 114 Å². The fourth-order valence-corrected chi connectivity index (χ4v) is 5.40. The minimum Gasteiger partial charge on any atom is -0.345 e. The van der Waals surface area contributed by atoms with Crippen molar-refractivity contribution in [1.29, 1.82) is 0 Å². The molecule has 1 aliphatic heterocycles. The van der Waals surface area contributed by atoms with E-state index >= 15 is 0 Å². The molecule has 35 heavy (non-hydrogen) atoms. The molecule has 1 atom stereocenters. The first-order valence-corrected chi connectivity index (χ1v) is 15.5. The van der Waals surface area contributed by atoms with Crippen LogP contribution in [0.5, 0.6) is 0 Å². The Bertz CT molecular complexity index is 554. The molecule has 1 aliphatic rings. The first kappa shape index (κ1) is 31.9. The summed E-state index contributed by atoms with van der Waals surface area (Å²) >= 11 is 1.30.